The zero-order valence-electron chi connectivity index (χ0n) is 22.7. The van der Waals surface area contributed by atoms with E-state index >= 15 is 0 Å². The van der Waals surface area contributed by atoms with E-state index in [9.17, 15) is 22.4 Å². The normalized spacial score (nSPS) is 14.9. The molecule has 1 N–H and O–H groups in total. The second-order valence-electron chi connectivity index (χ2n) is 9.89. The first-order chi connectivity index (χ1) is 18.5. The van der Waals surface area contributed by atoms with Crippen LogP contribution >= 0.6 is 11.6 Å². The highest BCUT2D eigenvalue weighted by atomic mass is 35.5. The molecule has 0 spiro atoms. The molecule has 1 atom stereocenters. The second-order valence-corrected chi connectivity index (χ2v) is 12.2. The highest BCUT2D eigenvalue weighted by molar-refractivity contribution is 7.92. The highest BCUT2D eigenvalue weighted by Gasteiger charge is 2.29. The van der Waals surface area contributed by atoms with Crippen molar-refractivity contribution in [3.8, 4) is 5.75 Å². The fraction of sp³-hybridized carbons (Fsp3) is 0.500. The Morgan fingerprint density at radius 2 is 1.85 bits per heavy atom. The predicted octanol–water partition coefficient (Wildman–Crippen LogP) is 4.90. The molecule has 0 bridgehead atoms. The minimum atomic E-state index is -3.68. The fourth-order valence-corrected chi connectivity index (χ4v) is 5.99. The van der Waals surface area contributed by atoms with Gasteiger partial charge in [0.1, 0.15) is 17.6 Å². The Balaban J connectivity index is 1.74. The Bertz CT molecular complexity index is 1250. The zero-order valence-corrected chi connectivity index (χ0v) is 24.2. The van der Waals surface area contributed by atoms with Gasteiger partial charge in [0.15, 0.2) is 0 Å². The lowest BCUT2D eigenvalue weighted by atomic mass is 9.95. The van der Waals surface area contributed by atoms with Crippen molar-refractivity contribution < 1.29 is 27.1 Å². The second kappa shape index (κ2) is 14.0. The lowest BCUT2D eigenvalue weighted by Crippen LogP contribution is -2.50. The van der Waals surface area contributed by atoms with Crippen LogP contribution in [0.15, 0.2) is 42.5 Å². The van der Waals surface area contributed by atoms with Crippen molar-refractivity contribution in [1.82, 2.24) is 10.2 Å². The van der Waals surface area contributed by atoms with E-state index in [-0.39, 0.29) is 48.8 Å². The number of amides is 2. The predicted molar refractivity (Wildman–Crippen MR) is 151 cm³/mol. The van der Waals surface area contributed by atoms with Crippen molar-refractivity contribution in [3.63, 3.8) is 0 Å². The number of hydrogen-bond acceptors (Lipinski definition) is 5. The number of methoxy groups -OCH3 is 1. The monoisotopic (exact) mass is 581 g/mol. The fourth-order valence-electron chi connectivity index (χ4n) is 4.78. The number of ether oxygens (including phenoxy) is 1. The molecule has 2 aromatic rings. The number of nitrogens with zero attached hydrogens (tertiary/aromatic N) is 2. The first-order valence-corrected chi connectivity index (χ1v) is 15.4. The number of rotatable bonds is 12. The van der Waals surface area contributed by atoms with Gasteiger partial charge in [0.2, 0.25) is 21.8 Å². The summed E-state index contributed by atoms with van der Waals surface area (Å²) in [4.78, 5) is 27.9. The van der Waals surface area contributed by atoms with Crippen LogP contribution in [0.5, 0.6) is 5.75 Å². The maximum atomic E-state index is 14.5. The molecule has 2 aromatic carbocycles. The summed E-state index contributed by atoms with van der Waals surface area (Å²) >= 11 is 6.20. The van der Waals surface area contributed by atoms with Crippen LogP contribution in [-0.2, 0) is 26.2 Å². The van der Waals surface area contributed by atoms with Crippen molar-refractivity contribution in [3.05, 3.63) is 58.9 Å². The topological polar surface area (TPSA) is 96.0 Å². The highest BCUT2D eigenvalue weighted by Crippen LogP contribution is 2.30. The standard InChI is InChI=1S/C28H37ClFN3O5S/c1-20(28(35)31-22-11-5-4-6-12-22)32(19-21-10-7-8-13-25(21)30)27(34)14-9-17-33(39(3,36)37)23-15-16-26(38-2)24(29)18-23/h7-8,10,13,15-16,18,20,22H,4-6,9,11-12,14,17,19H2,1-3H3,(H,31,35)/t20-/m0/s1. The van der Waals surface area contributed by atoms with Crippen molar-refractivity contribution >= 4 is 39.1 Å². The van der Waals surface area contributed by atoms with Crippen molar-refractivity contribution in [2.24, 2.45) is 0 Å². The lowest BCUT2D eigenvalue weighted by molar-refractivity contribution is -0.141. The summed E-state index contributed by atoms with van der Waals surface area (Å²) in [6, 6.07) is 10.0. The molecule has 8 nitrogen and oxygen atoms in total. The first-order valence-electron chi connectivity index (χ1n) is 13.2. The summed E-state index contributed by atoms with van der Waals surface area (Å²) in [5.41, 5.74) is 0.646. The molecule has 0 radical (unpaired) electrons. The van der Waals surface area contributed by atoms with Gasteiger partial charge in [0.25, 0.3) is 0 Å². The molecule has 2 amide bonds. The molecular formula is C28H37ClFN3O5S. The van der Waals surface area contributed by atoms with Crippen molar-refractivity contribution in [2.75, 3.05) is 24.2 Å². The van der Waals surface area contributed by atoms with Gasteiger partial charge in [-0.15, -0.1) is 0 Å². The molecule has 1 aliphatic rings. The van der Waals surface area contributed by atoms with Crippen LogP contribution in [0.2, 0.25) is 5.02 Å². The number of anilines is 1. The molecule has 214 valence electrons. The Kier molecular flexibility index (Phi) is 11.0. The Morgan fingerprint density at radius 3 is 2.46 bits per heavy atom. The third kappa shape index (κ3) is 8.57. The van der Waals surface area contributed by atoms with E-state index in [1.54, 1.807) is 37.3 Å². The first kappa shape index (κ1) is 30.7. The molecule has 0 aromatic heterocycles. The van der Waals surface area contributed by atoms with Gasteiger partial charge in [-0.2, -0.15) is 0 Å². The molecule has 1 fully saturated rings. The van der Waals surface area contributed by atoms with Gasteiger partial charge in [-0.1, -0.05) is 49.1 Å². The molecule has 11 heteroatoms. The molecule has 1 aliphatic carbocycles. The van der Waals surface area contributed by atoms with Crippen LogP contribution in [-0.4, -0.2) is 57.1 Å². The lowest BCUT2D eigenvalue weighted by Gasteiger charge is -2.31. The Hall–Kier alpha value is -2.85. The number of halogens is 2. The van der Waals surface area contributed by atoms with Crippen LogP contribution in [0.4, 0.5) is 10.1 Å². The number of carbonyl (C=O) groups excluding carboxylic acids is 2. The van der Waals surface area contributed by atoms with Gasteiger partial charge in [-0.3, -0.25) is 13.9 Å². The van der Waals surface area contributed by atoms with Crippen molar-refractivity contribution in [1.29, 1.82) is 0 Å². The van der Waals surface area contributed by atoms with E-state index in [0.717, 1.165) is 38.4 Å². The summed E-state index contributed by atoms with van der Waals surface area (Å²) in [6.45, 7) is 1.58. The molecule has 0 unspecified atom stereocenters. The number of carbonyl (C=O) groups is 2. The maximum Gasteiger partial charge on any atom is 0.242 e. The largest absolute Gasteiger partial charge is 0.495 e. The average Bonchev–Trinajstić information content (AvgIpc) is 2.90. The van der Waals surface area contributed by atoms with E-state index in [0.29, 0.717) is 17.0 Å². The smallest absolute Gasteiger partial charge is 0.242 e. The summed E-state index contributed by atoms with van der Waals surface area (Å²) in [7, 11) is -2.21. The number of sulfonamides is 1. The third-order valence-electron chi connectivity index (χ3n) is 6.99. The maximum absolute atomic E-state index is 14.5. The van der Waals surface area contributed by atoms with Gasteiger partial charge < -0.3 is 15.0 Å². The summed E-state index contributed by atoms with van der Waals surface area (Å²) in [6.07, 6.45) is 6.27. The Labute approximate surface area is 235 Å². The van der Waals surface area contributed by atoms with Gasteiger partial charge in [-0.25, -0.2) is 12.8 Å². The number of nitrogens with one attached hydrogen (secondary N) is 1. The molecule has 1 saturated carbocycles. The van der Waals surface area contributed by atoms with Crippen LogP contribution in [0.3, 0.4) is 0 Å². The van der Waals surface area contributed by atoms with Crippen LogP contribution in [0.25, 0.3) is 0 Å². The van der Waals surface area contributed by atoms with Gasteiger partial charge in [0.05, 0.1) is 24.1 Å². The van der Waals surface area contributed by atoms with Gasteiger partial charge in [0, 0.05) is 31.1 Å². The molecule has 3 rings (SSSR count). The van der Waals surface area contributed by atoms with Gasteiger partial charge >= 0.3 is 0 Å². The summed E-state index contributed by atoms with van der Waals surface area (Å²) in [5.74, 6) is -0.703. The molecular weight excluding hydrogens is 545 g/mol. The zero-order chi connectivity index (χ0) is 28.6. The van der Waals surface area contributed by atoms with E-state index in [4.69, 9.17) is 16.3 Å². The van der Waals surface area contributed by atoms with E-state index in [1.165, 1.54) is 28.4 Å². The van der Waals surface area contributed by atoms with E-state index in [1.807, 2.05) is 0 Å². The number of benzene rings is 2. The quantitative estimate of drug-likeness (QED) is 0.385. The van der Waals surface area contributed by atoms with Crippen LogP contribution in [0.1, 0.15) is 57.4 Å². The minimum absolute atomic E-state index is 0.0173. The molecule has 0 aliphatic heterocycles. The van der Waals surface area contributed by atoms with Crippen LogP contribution < -0.4 is 14.4 Å². The SMILES string of the molecule is COc1ccc(N(CCCC(=O)N(Cc2ccccc2F)[C@@H](C)C(=O)NC2CCCCC2)S(C)(=O)=O)cc1Cl. The van der Waals surface area contributed by atoms with Gasteiger partial charge in [-0.05, 0) is 50.5 Å². The third-order valence-corrected chi connectivity index (χ3v) is 8.48. The minimum Gasteiger partial charge on any atom is -0.495 e. The average molecular weight is 582 g/mol. The number of hydrogen-bond donors (Lipinski definition) is 1. The Morgan fingerprint density at radius 1 is 1.15 bits per heavy atom. The molecule has 39 heavy (non-hydrogen) atoms. The summed E-state index contributed by atoms with van der Waals surface area (Å²) < 4.78 is 45.9. The van der Waals surface area contributed by atoms with Crippen LogP contribution in [0, 0.1) is 5.82 Å². The summed E-state index contributed by atoms with van der Waals surface area (Å²) in [5, 5.41) is 3.31. The molecule has 0 saturated heterocycles. The van der Waals surface area contributed by atoms with Crippen molar-refractivity contribution in [2.45, 2.75) is 70.5 Å². The van der Waals surface area contributed by atoms with E-state index in [2.05, 4.69) is 5.32 Å². The van der Waals surface area contributed by atoms with E-state index < -0.39 is 21.9 Å². The molecule has 0 heterocycles.